The molecule has 1 heterocycles. The molecular formula is C11H15BrN2O2. The SMILES string of the molecule is COCCC(C)NC(=O)c1cccc(Br)n1. The second-order valence-corrected chi connectivity index (χ2v) is 4.31. The Morgan fingerprint density at radius 1 is 1.62 bits per heavy atom. The first-order valence-corrected chi connectivity index (χ1v) is 5.85. The minimum atomic E-state index is -0.162. The fourth-order valence-corrected chi connectivity index (χ4v) is 1.54. The van der Waals surface area contributed by atoms with Crippen LogP contribution >= 0.6 is 15.9 Å². The number of aromatic nitrogens is 1. The summed E-state index contributed by atoms with van der Waals surface area (Å²) in [5.74, 6) is -0.162. The number of nitrogens with zero attached hydrogens (tertiary/aromatic N) is 1. The van der Waals surface area contributed by atoms with Crippen molar-refractivity contribution < 1.29 is 9.53 Å². The second-order valence-electron chi connectivity index (χ2n) is 3.50. The first-order chi connectivity index (χ1) is 7.63. The summed E-state index contributed by atoms with van der Waals surface area (Å²) in [7, 11) is 1.64. The molecule has 1 unspecified atom stereocenters. The van der Waals surface area contributed by atoms with Gasteiger partial charge in [0.05, 0.1) is 0 Å². The van der Waals surface area contributed by atoms with E-state index in [0.717, 1.165) is 6.42 Å². The maximum absolute atomic E-state index is 11.7. The zero-order valence-corrected chi connectivity index (χ0v) is 11.0. The second kappa shape index (κ2) is 6.60. The number of amides is 1. The lowest BCUT2D eigenvalue weighted by Gasteiger charge is -2.12. The van der Waals surface area contributed by atoms with Gasteiger partial charge in [-0.25, -0.2) is 4.98 Å². The minimum Gasteiger partial charge on any atom is -0.385 e. The lowest BCUT2D eigenvalue weighted by molar-refractivity contribution is 0.0924. The van der Waals surface area contributed by atoms with Crippen molar-refractivity contribution in [3.8, 4) is 0 Å². The number of methoxy groups -OCH3 is 1. The van der Waals surface area contributed by atoms with E-state index >= 15 is 0 Å². The Morgan fingerprint density at radius 2 is 2.38 bits per heavy atom. The molecule has 0 fully saturated rings. The van der Waals surface area contributed by atoms with Crippen molar-refractivity contribution in [3.05, 3.63) is 28.5 Å². The Labute approximate surface area is 104 Å². The number of hydrogen-bond donors (Lipinski definition) is 1. The quantitative estimate of drug-likeness (QED) is 0.843. The average Bonchev–Trinajstić information content (AvgIpc) is 2.26. The van der Waals surface area contributed by atoms with Crippen molar-refractivity contribution in [2.24, 2.45) is 0 Å². The van der Waals surface area contributed by atoms with E-state index in [0.29, 0.717) is 16.9 Å². The third-order valence-corrected chi connectivity index (χ3v) is 2.52. The van der Waals surface area contributed by atoms with Crippen LogP contribution in [0.25, 0.3) is 0 Å². The van der Waals surface area contributed by atoms with E-state index in [1.807, 2.05) is 6.92 Å². The smallest absolute Gasteiger partial charge is 0.270 e. The number of nitrogens with one attached hydrogen (secondary N) is 1. The van der Waals surface area contributed by atoms with Gasteiger partial charge < -0.3 is 10.1 Å². The fourth-order valence-electron chi connectivity index (χ4n) is 1.20. The maximum Gasteiger partial charge on any atom is 0.270 e. The van der Waals surface area contributed by atoms with Crippen LogP contribution in [0.2, 0.25) is 0 Å². The predicted octanol–water partition coefficient (Wildman–Crippen LogP) is 2.00. The molecule has 0 saturated carbocycles. The Balaban J connectivity index is 2.52. The van der Waals surface area contributed by atoms with Crippen LogP contribution in [0.1, 0.15) is 23.8 Å². The van der Waals surface area contributed by atoms with Crippen LogP contribution < -0.4 is 5.32 Å². The molecule has 1 rings (SSSR count). The summed E-state index contributed by atoms with van der Waals surface area (Å²) in [5.41, 5.74) is 0.415. The number of carbonyl (C=O) groups excluding carboxylic acids is 1. The summed E-state index contributed by atoms with van der Waals surface area (Å²) < 4.78 is 5.60. The van der Waals surface area contributed by atoms with Gasteiger partial charge in [0.25, 0.3) is 5.91 Å². The summed E-state index contributed by atoms with van der Waals surface area (Å²) in [4.78, 5) is 15.8. The summed E-state index contributed by atoms with van der Waals surface area (Å²) >= 11 is 3.23. The number of carbonyl (C=O) groups is 1. The Hall–Kier alpha value is -0.940. The molecule has 0 aromatic carbocycles. The van der Waals surface area contributed by atoms with E-state index in [9.17, 15) is 4.79 Å². The minimum absolute atomic E-state index is 0.0771. The van der Waals surface area contributed by atoms with Gasteiger partial charge in [0.2, 0.25) is 0 Å². The van der Waals surface area contributed by atoms with Gasteiger partial charge in [0.1, 0.15) is 10.3 Å². The largest absolute Gasteiger partial charge is 0.385 e. The van der Waals surface area contributed by atoms with Gasteiger partial charge in [-0.15, -0.1) is 0 Å². The predicted molar refractivity (Wildman–Crippen MR) is 65.4 cm³/mol. The molecule has 1 N–H and O–H groups in total. The molecule has 0 aliphatic rings. The molecule has 0 aliphatic carbocycles. The topological polar surface area (TPSA) is 51.2 Å². The van der Waals surface area contributed by atoms with Gasteiger partial charge in [-0.2, -0.15) is 0 Å². The van der Waals surface area contributed by atoms with Crippen LogP contribution in [-0.2, 0) is 4.74 Å². The molecular weight excluding hydrogens is 272 g/mol. The molecule has 1 aromatic heterocycles. The van der Waals surface area contributed by atoms with Crippen LogP contribution in [0.15, 0.2) is 22.8 Å². The zero-order valence-electron chi connectivity index (χ0n) is 9.37. The molecule has 16 heavy (non-hydrogen) atoms. The molecule has 1 atom stereocenters. The van der Waals surface area contributed by atoms with Gasteiger partial charge >= 0.3 is 0 Å². The summed E-state index contributed by atoms with van der Waals surface area (Å²) in [5, 5.41) is 2.86. The van der Waals surface area contributed by atoms with Crippen LogP contribution in [0.3, 0.4) is 0 Å². The Morgan fingerprint density at radius 3 is 3.00 bits per heavy atom. The first-order valence-electron chi connectivity index (χ1n) is 5.06. The van der Waals surface area contributed by atoms with Crippen molar-refractivity contribution in [3.63, 3.8) is 0 Å². The Kier molecular flexibility index (Phi) is 5.42. The molecule has 1 amide bonds. The van der Waals surface area contributed by atoms with Crippen LogP contribution in [0, 0.1) is 0 Å². The lowest BCUT2D eigenvalue weighted by atomic mass is 10.2. The highest BCUT2D eigenvalue weighted by Gasteiger charge is 2.10. The van der Waals surface area contributed by atoms with E-state index in [2.05, 4.69) is 26.2 Å². The fraction of sp³-hybridized carbons (Fsp3) is 0.455. The van der Waals surface area contributed by atoms with E-state index in [1.54, 1.807) is 25.3 Å². The molecule has 4 nitrogen and oxygen atoms in total. The number of pyridine rings is 1. The lowest BCUT2D eigenvalue weighted by Crippen LogP contribution is -2.33. The first kappa shape index (κ1) is 13.1. The highest BCUT2D eigenvalue weighted by atomic mass is 79.9. The average molecular weight is 287 g/mol. The van der Waals surface area contributed by atoms with Crippen molar-refractivity contribution in [1.82, 2.24) is 10.3 Å². The molecule has 0 aliphatic heterocycles. The van der Waals surface area contributed by atoms with E-state index in [4.69, 9.17) is 4.74 Å². The molecule has 0 saturated heterocycles. The molecule has 88 valence electrons. The van der Waals surface area contributed by atoms with Gasteiger partial charge in [0.15, 0.2) is 0 Å². The summed E-state index contributed by atoms with van der Waals surface area (Å²) in [6.45, 7) is 2.57. The van der Waals surface area contributed by atoms with Crippen molar-refractivity contribution in [2.45, 2.75) is 19.4 Å². The molecule has 0 radical (unpaired) electrons. The van der Waals surface area contributed by atoms with Crippen molar-refractivity contribution >= 4 is 21.8 Å². The number of hydrogen-bond acceptors (Lipinski definition) is 3. The van der Waals surface area contributed by atoms with Crippen molar-refractivity contribution in [2.75, 3.05) is 13.7 Å². The number of rotatable bonds is 5. The summed E-state index contributed by atoms with van der Waals surface area (Å²) in [6.07, 6.45) is 0.788. The molecule has 0 spiro atoms. The van der Waals surface area contributed by atoms with Crippen LogP contribution in [-0.4, -0.2) is 30.6 Å². The van der Waals surface area contributed by atoms with Gasteiger partial charge in [-0.1, -0.05) is 6.07 Å². The molecule has 0 bridgehead atoms. The Bertz CT molecular complexity index is 358. The molecule has 5 heteroatoms. The van der Waals surface area contributed by atoms with Gasteiger partial charge in [-0.3, -0.25) is 4.79 Å². The van der Waals surface area contributed by atoms with Crippen LogP contribution in [0.4, 0.5) is 0 Å². The maximum atomic E-state index is 11.7. The van der Waals surface area contributed by atoms with E-state index < -0.39 is 0 Å². The standard InChI is InChI=1S/C11H15BrN2O2/c1-8(6-7-16-2)13-11(15)9-4-3-5-10(12)14-9/h3-5,8H,6-7H2,1-2H3,(H,13,15). The van der Waals surface area contributed by atoms with E-state index in [-0.39, 0.29) is 11.9 Å². The van der Waals surface area contributed by atoms with Crippen LogP contribution in [0.5, 0.6) is 0 Å². The number of halogens is 1. The third kappa shape index (κ3) is 4.28. The highest BCUT2D eigenvalue weighted by molar-refractivity contribution is 9.10. The highest BCUT2D eigenvalue weighted by Crippen LogP contribution is 2.06. The van der Waals surface area contributed by atoms with Gasteiger partial charge in [-0.05, 0) is 41.4 Å². The van der Waals surface area contributed by atoms with E-state index in [1.165, 1.54) is 0 Å². The monoisotopic (exact) mass is 286 g/mol. The van der Waals surface area contributed by atoms with Crippen molar-refractivity contribution in [1.29, 1.82) is 0 Å². The third-order valence-electron chi connectivity index (χ3n) is 2.08. The zero-order chi connectivity index (χ0) is 12.0. The number of ether oxygens (including phenoxy) is 1. The summed E-state index contributed by atoms with van der Waals surface area (Å²) in [6, 6.07) is 5.33. The van der Waals surface area contributed by atoms with Gasteiger partial charge in [0, 0.05) is 19.8 Å². The normalized spacial score (nSPS) is 12.2. The molecule has 1 aromatic rings.